The number of para-hydroxylation sites is 1. The van der Waals surface area contributed by atoms with E-state index in [1.807, 2.05) is 55.5 Å². The molecule has 3 rings (SSSR count). The third-order valence-electron chi connectivity index (χ3n) is 4.33. The minimum absolute atomic E-state index is 0.141. The molecule has 150 valence electrons. The highest BCUT2D eigenvalue weighted by molar-refractivity contribution is 8.02. The van der Waals surface area contributed by atoms with Crippen LogP contribution in [0.25, 0.3) is 0 Å². The Labute approximate surface area is 184 Å². The minimum Gasteiger partial charge on any atom is -0.494 e. The molecule has 0 unspecified atom stereocenters. The maximum atomic E-state index is 9.76. The van der Waals surface area contributed by atoms with Crippen molar-refractivity contribution in [3.63, 3.8) is 0 Å². The van der Waals surface area contributed by atoms with E-state index in [4.69, 9.17) is 15.2 Å². The number of hydrogen-bond donors (Lipinski definition) is 1. The van der Waals surface area contributed by atoms with Crippen LogP contribution in [-0.2, 0) is 0 Å². The number of nitrogen functional groups attached to an aromatic ring is 1. The normalized spacial score (nSPS) is 10.2. The monoisotopic (exact) mass is 433 g/mol. The van der Waals surface area contributed by atoms with Gasteiger partial charge in [0, 0.05) is 15.5 Å². The molecule has 0 atom stereocenters. The number of ether oxygens (including phenoxy) is 2. The van der Waals surface area contributed by atoms with Gasteiger partial charge in [-0.25, -0.2) is 0 Å². The summed E-state index contributed by atoms with van der Waals surface area (Å²) in [6, 6.07) is 19.7. The molecule has 0 aliphatic carbocycles. The van der Waals surface area contributed by atoms with Crippen LogP contribution in [0.2, 0.25) is 0 Å². The summed E-state index contributed by atoms with van der Waals surface area (Å²) in [5.41, 5.74) is 8.21. The van der Waals surface area contributed by atoms with E-state index in [1.165, 1.54) is 37.7 Å². The van der Waals surface area contributed by atoms with Gasteiger partial charge in [0.25, 0.3) is 0 Å². The molecule has 0 saturated carbocycles. The van der Waals surface area contributed by atoms with Gasteiger partial charge in [-0.05, 0) is 31.2 Å². The van der Waals surface area contributed by atoms with Crippen molar-refractivity contribution in [1.82, 2.24) is 0 Å². The number of benzene rings is 3. The first-order valence-electron chi connectivity index (χ1n) is 8.93. The summed E-state index contributed by atoms with van der Waals surface area (Å²) in [7, 11) is 2.98. The standard InChI is InChI=1S/C23H19N3O2S2/c1-14-8-10-15(11-9-14)29-22-20(27-2)16(12-24)17(13-25)21(28-3)23(22)30-19-7-5-4-6-18(19)26/h4-11H,26H2,1-3H3. The van der Waals surface area contributed by atoms with Crippen LogP contribution >= 0.6 is 23.5 Å². The second kappa shape index (κ2) is 9.49. The molecule has 3 aromatic carbocycles. The molecule has 3 aromatic rings. The first-order valence-corrected chi connectivity index (χ1v) is 10.6. The zero-order valence-electron chi connectivity index (χ0n) is 16.7. The van der Waals surface area contributed by atoms with Gasteiger partial charge in [0.05, 0.1) is 24.0 Å². The minimum atomic E-state index is 0.141. The fourth-order valence-electron chi connectivity index (χ4n) is 2.86. The Kier molecular flexibility index (Phi) is 6.79. The molecule has 0 radical (unpaired) electrons. The summed E-state index contributed by atoms with van der Waals surface area (Å²) in [5, 5.41) is 19.5. The van der Waals surface area contributed by atoms with Crippen molar-refractivity contribution < 1.29 is 9.47 Å². The molecule has 0 saturated heterocycles. The number of nitrogens with two attached hydrogens (primary N) is 1. The quantitative estimate of drug-likeness (QED) is 0.503. The predicted octanol–water partition coefficient (Wildman–Crippen LogP) is 5.64. The lowest BCUT2D eigenvalue weighted by molar-refractivity contribution is 0.382. The first kappa shape index (κ1) is 21.4. The molecule has 0 amide bonds. The van der Waals surface area contributed by atoms with Gasteiger partial charge >= 0.3 is 0 Å². The van der Waals surface area contributed by atoms with Crippen LogP contribution in [0.5, 0.6) is 11.5 Å². The van der Waals surface area contributed by atoms with Gasteiger partial charge in [0.15, 0.2) is 11.5 Å². The number of nitrogens with zero attached hydrogens (tertiary/aromatic N) is 2. The molecule has 0 aliphatic rings. The van der Waals surface area contributed by atoms with E-state index >= 15 is 0 Å². The van der Waals surface area contributed by atoms with Crippen LogP contribution in [0.4, 0.5) is 5.69 Å². The Morgan fingerprint density at radius 2 is 1.33 bits per heavy atom. The lowest BCUT2D eigenvalue weighted by Crippen LogP contribution is -2.02. The van der Waals surface area contributed by atoms with Crippen LogP contribution in [0.1, 0.15) is 16.7 Å². The Morgan fingerprint density at radius 3 is 1.83 bits per heavy atom. The fraction of sp³-hybridized carbons (Fsp3) is 0.130. The van der Waals surface area contributed by atoms with Crippen molar-refractivity contribution in [2.45, 2.75) is 26.5 Å². The van der Waals surface area contributed by atoms with Gasteiger partial charge in [-0.1, -0.05) is 53.4 Å². The number of rotatable bonds is 6. The van der Waals surface area contributed by atoms with Gasteiger partial charge in [0.1, 0.15) is 23.3 Å². The lowest BCUT2D eigenvalue weighted by atomic mass is 10.1. The van der Waals surface area contributed by atoms with Gasteiger partial charge in [-0.3, -0.25) is 0 Å². The van der Waals surface area contributed by atoms with Crippen molar-refractivity contribution in [3.05, 3.63) is 65.2 Å². The fourth-order valence-corrected chi connectivity index (χ4v) is 5.09. The van der Waals surface area contributed by atoms with Crippen LogP contribution in [0.3, 0.4) is 0 Å². The predicted molar refractivity (Wildman–Crippen MR) is 119 cm³/mol. The Balaban J connectivity index is 2.30. The van der Waals surface area contributed by atoms with Crippen LogP contribution in [0.15, 0.2) is 68.1 Å². The highest BCUT2D eigenvalue weighted by Crippen LogP contribution is 2.52. The summed E-state index contributed by atoms with van der Waals surface area (Å²) in [6.45, 7) is 2.02. The maximum absolute atomic E-state index is 9.76. The largest absolute Gasteiger partial charge is 0.494 e. The van der Waals surface area contributed by atoms with Crippen LogP contribution < -0.4 is 15.2 Å². The van der Waals surface area contributed by atoms with E-state index in [2.05, 4.69) is 12.1 Å². The van der Waals surface area contributed by atoms with Gasteiger partial charge in [-0.2, -0.15) is 10.5 Å². The number of methoxy groups -OCH3 is 2. The SMILES string of the molecule is COc1c(C#N)c(C#N)c(OC)c(Sc2ccccc2N)c1Sc1ccc(C)cc1. The zero-order chi connectivity index (χ0) is 21.7. The summed E-state index contributed by atoms with van der Waals surface area (Å²) >= 11 is 2.83. The molecule has 2 N–H and O–H groups in total. The van der Waals surface area contributed by atoms with Gasteiger partial charge in [-0.15, -0.1) is 0 Å². The molecule has 30 heavy (non-hydrogen) atoms. The molecule has 0 aromatic heterocycles. The van der Waals surface area contributed by atoms with Gasteiger partial charge < -0.3 is 15.2 Å². The number of anilines is 1. The molecule has 0 aliphatic heterocycles. The van der Waals surface area contributed by atoms with E-state index in [-0.39, 0.29) is 11.1 Å². The smallest absolute Gasteiger partial charge is 0.153 e. The summed E-state index contributed by atoms with van der Waals surface area (Å²) < 4.78 is 11.2. The number of aryl methyl sites for hydroxylation is 1. The third kappa shape index (κ3) is 4.18. The molecular formula is C23H19N3O2S2. The number of hydrogen-bond acceptors (Lipinski definition) is 7. The molecule has 5 nitrogen and oxygen atoms in total. The first-order chi connectivity index (χ1) is 14.5. The molecule has 0 bridgehead atoms. The second-order valence-electron chi connectivity index (χ2n) is 6.25. The molecule has 0 fully saturated rings. The van der Waals surface area contributed by atoms with E-state index in [9.17, 15) is 10.5 Å². The van der Waals surface area contributed by atoms with E-state index in [1.54, 1.807) is 0 Å². The van der Waals surface area contributed by atoms with Crippen LogP contribution in [0, 0.1) is 29.6 Å². The molecule has 0 heterocycles. The van der Waals surface area contributed by atoms with E-state index in [0.717, 1.165) is 15.4 Å². The molecular weight excluding hydrogens is 414 g/mol. The van der Waals surface area contributed by atoms with E-state index < -0.39 is 0 Å². The van der Waals surface area contributed by atoms with E-state index in [0.29, 0.717) is 27.0 Å². The summed E-state index contributed by atoms with van der Waals surface area (Å²) in [5.74, 6) is 0.676. The lowest BCUT2D eigenvalue weighted by Gasteiger charge is -2.20. The third-order valence-corrected chi connectivity index (χ3v) is 6.74. The number of nitriles is 2. The van der Waals surface area contributed by atoms with Crippen molar-refractivity contribution in [2.75, 3.05) is 20.0 Å². The van der Waals surface area contributed by atoms with Crippen molar-refractivity contribution in [2.24, 2.45) is 0 Å². The topological polar surface area (TPSA) is 92.1 Å². The van der Waals surface area contributed by atoms with Crippen LogP contribution in [-0.4, -0.2) is 14.2 Å². The maximum Gasteiger partial charge on any atom is 0.153 e. The van der Waals surface area contributed by atoms with Crippen molar-refractivity contribution >= 4 is 29.2 Å². The average Bonchev–Trinajstić information content (AvgIpc) is 2.76. The summed E-state index contributed by atoms with van der Waals surface area (Å²) in [6.07, 6.45) is 0. The summed E-state index contributed by atoms with van der Waals surface area (Å²) in [4.78, 5) is 3.16. The zero-order valence-corrected chi connectivity index (χ0v) is 18.4. The highest BCUT2D eigenvalue weighted by atomic mass is 32.2. The molecule has 7 heteroatoms. The van der Waals surface area contributed by atoms with Crippen molar-refractivity contribution in [1.29, 1.82) is 10.5 Å². The Morgan fingerprint density at radius 1 is 0.800 bits per heavy atom. The van der Waals surface area contributed by atoms with Crippen molar-refractivity contribution in [3.8, 4) is 23.6 Å². The highest BCUT2D eigenvalue weighted by Gasteiger charge is 2.27. The Hall–Kier alpha value is -3.26. The van der Waals surface area contributed by atoms with Gasteiger partial charge in [0.2, 0.25) is 0 Å². The second-order valence-corrected chi connectivity index (χ2v) is 8.39. The average molecular weight is 434 g/mol. The Bertz CT molecular complexity index is 1160. The molecule has 0 spiro atoms.